The molecule has 0 spiro atoms. The lowest BCUT2D eigenvalue weighted by Gasteiger charge is -2.07. The summed E-state index contributed by atoms with van der Waals surface area (Å²) in [5.74, 6) is -0.111. The number of thiazole rings is 1. The molecule has 6 nitrogen and oxygen atoms in total. The van der Waals surface area contributed by atoms with Crippen molar-refractivity contribution >= 4 is 17.2 Å². The summed E-state index contributed by atoms with van der Waals surface area (Å²) in [6.07, 6.45) is 7.22. The van der Waals surface area contributed by atoms with Gasteiger partial charge in [-0.25, -0.2) is 9.97 Å². The van der Waals surface area contributed by atoms with E-state index >= 15 is 0 Å². The molecule has 140 valence electrons. The zero-order valence-electron chi connectivity index (χ0n) is 15.4. The molecule has 28 heavy (non-hydrogen) atoms. The number of pyridine rings is 1. The first-order valence-electron chi connectivity index (χ1n) is 8.89. The number of carbonyl (C=O) groups is 1. The summed E-state index contributed by atoms with van der Waals surface area (Å²) in [6.45, 7) is 3.10. The van der Waals surface area contributed by atoms with E-state index in [2.05, 4.69) is 32.4 Å². The molecule has 1 N–H and O–H groups in total. The van der Waals surface area contributed by atoms with Crippen LogP contribution in [0.15, 0.2) is 67.4 Å². The first kappa shape index (κ1) is 18.1. The highest BCUT2D eigenvalue weighted by molar-refractivity contribution is 7.17. The number of aromatic nitrogens is 4. The van der Waals surface area contributed by atoms with Gasteiger partial charge in [0.25, 0.3) is 5.91 Å². The third-order valence-electron chi connectivity index (χ3n) is 4.29. The van der Waals surface area contributed by atoms with Crippen LogP contribution in [0.2, 0.25) is 0 Å². The Morgan fingerprint density at radius 2 is 1.93 bits per heavy atom. The summed E-state index contributed by atoms with van der Waals surface area (Å²) in [5, 5.41) is 3.74. The molecule has 0 atom stereocenters. The average Bonchev–Trinajstić information content (AvgIpc) is 3.37. The maximum absolute atomic E-state index is 12.6. The molecule has 1 aromatic carbocycles. The number of hydrogen-bond acceptors (Lipinski definition) is 5. The van der Waals surface area contributed by atoms with E-state index in [0.717, 1.165) is 28.5 Å². The molecule has 3 aromatic heterocycles. The van der Waals surface area contributed by atoms with Crippen molar-refractivity contribution in [3.05, 3.63) is 89.1 Å². The standard InChI is InChI=1S/C21H19N5OS/c1-15-19(28-21(25-15)18-4-2-3-9-23-18)20(27)24-12-16-5-7-17(8-6-16)13-26-11-10-22-14-26/h2-11,14H,12-13H2,1H3,(H,24,27). The number of benzene rings is 1. The van der Waals surface area contributed by atoms with Crippen molar-refractivity contribution in [2.24, 2.45) is 0 Å². The van der Waals surface area contributed by atoms with Crippen LogP contribution in [0.5, 0.6) is 0 Å². The van der Waals surface area contributed by atoms with E-state index in [1.165, 1.54) is 16.9 Å². The SMILES string of the molecule is Cc1nc(-c2ccccn2)sc1C(=O)NCc1ccc(Cn2ccnc2)cc1. The van der Waals surface area contributed by atoms with Gasteiger partial charge in [-0.15, -0.1) is 11.3 Å². The van der Waals surface area contributed by atoms with E-state index in [9.17, 15) is 4.79 Å². The first-order valence-corrected chi connectivity index (χ1v) is 9.71. The summed E-state index contributed by atoms with van der Waals surface area (Å²) in [5.41, 5.74) is 3.74. The van der Waals surface area contributed by atoms with Crippen LogP contribution in [0.3, 0.4) is 0 Å². The lowest BCUT2D eigenvalue weighted by molar-refractivity contribution is 0.0954. The normalized spacial score (nSPS) is 10.8. The molecule has 0 bridgehead atoms. The number of amides is 1. The van der Waals surface area contributed by atoms with Crippen molar-refractivity contribution in [2.45, 2.75) is 20.0 Å². The Kier molecular flexibility index (Phi) is 5.25. The molecule has 0 unspecified atom stereocenters. The Balaban J connectivity index is 1.38. The summed E-state index contributed by atoms with van der Waals surface area (Å²) in [6, 6.07) is 13.9. The summed E-state index contributed by atoms with van der Waals surface area (Å²) >= 11 is 1.37. The fourth-order valence-electron chi connectivity index (χ4n) is 2.82. The van der Waals surface area contributed by atoms with Crippen molar-refractivity contribution in [2.75, 3.05) is 0 Å². The van der Waals surface area contributed by atoms with Crippen molar-refractivity contribution in [3.8, 4) is 10.7 Å². The topological polar surface area (TPSA) is 72.7 Å². The van der Waals surface area contributed by atoms with Gasteiger partial charge < -0.3 is 9.88 Å². The van der Waals surface area contributed by atoms with Gasteiger partial charge in [0.05, 0.1) is 17.7 Å². The smallest absolute Gasteiger partial charge is 0.263 e. The zero-order valence-corrected chi connectivity index (χ0v) is 16.2. The van der Waals surface area contributed by atoms with Gasteiger partial charge in [0.1, 0.15) is 9.88 Å². The minimum absolute atomic E-state index is 0.111. The predicted octanol–water partition coefficient (Wildman–Crippen LogP) is 3.69. The Bertz CT molecular complexity index is 1060. The van der Waals surface area contributed by atoms with E-state index < -0.39 is 0 Å². The van der Waals surface area contributed by atoms with Crippen LogP contribution in [-0.4, -0.2) is 25.4 Å². The molecular formula is C21H19N5OS. The Morgan fingerprint density at radius 3 is 2.64 bits per heavy atom. The van der Waals surface area contributed by atoms with E-state index in [0.29, 0.717) is 11.4 Å². The summed E-state index contributed by atoms with van der Waals surface area (Å²) in [4.78, 5) is 26.1. The highest BCUT2D eigenvalue weighted by atomic mass is 32.1. The number of nitrogens with zero attached hydrogens (tertiary/aromatic N) is 4. The Morgan fingerprint density at radius 1 is 1.11 bits per heavy atom. The number of hydrogen-bond donors (Lipinski definition) is 1. The van der Waals surface area contributed by atoms with E-state index in [4.69, 9.17) is 0 Å². The highest BCUT2D eigenvalue weighted by Gasteiger charge is 2.16. The monoisotopic (exact) mass is 389 g/mol. The van der Waals surface area contributed by atoms with Crippen LogP contribution in [0.1, 0.15) is 26.5 Å². The first-order chi connectivity index (χ1) is 13.7. The quantitative estimate of drug-likeness (QED) is 0.546. The second-order valence-electron chi connectivity index (χ2n) is 6.38. The van der Waals surface area contributed by atoms with Gasteiger partial charge in [0.15, 0.2) is 0 Å². The van der Waals surface area contributed by atoms with Crippen LogP contribution >= 0.6 is 11.3 Å². The van der Waals surface area contributed by atoms with Gasteiger partial charge >= 0.3 is 0 Å². The molecular weight excluding hydrogens is 370 g/mol. The molecule has 3 heterocycles. The number of aryl methyl sites for hydroxylation is 1. The molecule has 4 rings (SSSR count). The van der Waals surface area contributed by atoms with E-state index in [-0.39, 0.29) is 5.91 Å². The summed E-state index contributed by atoms with van der Waals surface area (Å²) < 4.78 is 2.02. The molecule has 7 heteroatoms. The van der Waals surface area contributed by atoms with E-state index in [1.54, 1.807) is 18.7 Å². The molecule has 0 aliphatic rings. The van der Waals surface area contributed by atoms with Crippen molar-refractivity contribution < 1.29 is 4.79 Å². The lowest BCUT2D eigenvalue weighted by atomic mass is 10.1. The number of carbonyl (C=O) groups excluding carboxylic acids is 1. The van der Waals surface area contributed by atoms with Crippen molar-refractivity contribution in [1.29, 1.82) is 0 Å². The highest BCUT2D eigenvalue weighted by Crippen LogP contribution is 2.26. The predicted molar refractivity (Wildman–Crippen MR) is 109 cm³/mol. The second-order valence-corrected chi connectivity index (χ2v) is 7.38. The maximum atomic E-state index is 12.6. The minimum Gasteiger partial charge on any atom is -0.347 e. The summed E-state index contributed by atoms with van der Waals surface area (Å²) in [7, 11) is 0. The molecule has 4 aromatic rings. The van der Waals surface area contributed by atoms with E-state index in [1.807, 2.05) is 48.0 Å². The van der Waals surface area contributed by atoms with Crippen LogP contribution in [0, 0.1) is 6.92 Å². The van der Waals surface area contributed by atoms with Gasteiger partial charge in [-0.1, -0.05) is 30.3 Å². The van der Waals surface area contributed by atoms with Gasteiger partial charge in [-0.05, 0) is 30.2 Å². The van der Waals surface area contributed by atoms with Crippen LogP contribution in [0.25, 0.3) is 10.7 Å². The molecule has 0 radical (unpaired) electrons. The third kappa shape index (κ3) is 4.15. The Labute approximate surface area is 166 Å². The molecule has 0 aliphatic heterocycles. The molecule has 0 saturated heterocycles. The number of nitrogens with one attached hydrogen (secondary N) is 1. The Hall–Kier alpha value is -3.32. The van der Waals surface area contributed by atoms with Gasteiger partial charge in [-0.2, -0.15) is 0 Å². The lowest BCUT2D eigenvalue weighted by Crippen LogP contribution is -2.22. The number of imidazole rings is 1. The molecule has 1 amide bonds. The molecule has 0 aliphatic carbocycles. The van der Waals surface area contributed by atoms with Gasteiger partial charge in [0, 0.05) is 31.7 Å². The fraction of sp³-hybridized carbons (Fsp3) is 0.143. The minimum atomic E-state index is -0.111. The molecule has 0 saturated carbocycles. The van der Waals surface area contributed by atoms with Crippen LogP contribution in [-0.2, 0) is 13.1 Å². The molecule has 0 fully saturated rings. The average molecular weight is 389 g/mol. The van der Waals surface area contributed by atoms with Gasteiger partial charge in [0.2, 0.25) is 0 Å². The van der Waals surface area contributed by atoms with Crippen molar-refractivity contribution in [3.63, 3.8) is 0 Å². The van der Waals surface area contributed by atoms with Gasteiger partial charge in [-0.3, -0.25) is 9.78 Å². The van der Waals surface area contributed by atoms with Crippen LogP contribution < -0.4 is 5.32 Å². The number of rotatable bonds is 6. The largest absolute Gasteiger partial charge is 0.347 e. The zero-order chi connectivity index (χ0) is 19.3. The fourth-order valence-corrected chi connectivity index (χ4v) is 3.78. The van der Waals surface area contributed by atoms with Crippen LogP contribution in [0.4, 0.5) is 0 Å². The maximum Gasteiger partial charge on any atom is 0.263 e. The third-order valence-corrected chi connectivity index (χ3v) is 5.47. The van der Waals surface area contributed by atoms with Crippen molar-refractivity contribution in [1.82, 2.24) is 24.8 Å². The second kappa shape index (κ2) is 8.14.